The van der Waals surface area contributed by atoms with Gasteiger partial charge >= 0.3 is 0 Å². The van der Waals surface area contributed by atoms with E-state index in [1.54, 1.807) is 18.2 Å². The lowest BCUT2D eigenvalue weighted by Crippen LogP contribution is -2.42. The molecule has 3 rings (SSSR count). The van der Waals surface area contributed by atoms with Crippen LogP contribution in [0.1, 0.15) is 37.4 Å². The van der Waals surface area contributed by atoms with Crippen LogP contribution in [-0.2, 0) is 10.0 Å². The molecular formula is C21H27N3O3S2. The number of rotatable bonds is 4. The third kappa shape index (κ3) is 5.19. The van der Waals surface area contributed by atoms with Gasteiger partial charge in [0.05, 0.1) is 18.0 Å². The van der Waals surface area contributed by atoms with E-state index in [1.165, 1.54) is 17.6 Å². The van der Waals surface area contributed by atoms with Crippen molar-refractivity contribution >= 4 is 38.7 Å². The van der Waals surface area contributed by atoms with Gasteiger partial charge in [0.25, 0.3) is 0 Å². The number of anilines is 2. The largest absolute Gasteiger partial charge is 0.487 e. The van der Waals surface area contributed by atoms with E-state index in [2.05, 4.69) is 36.6 Å². The van der Waals surface area contributed by atoms with Crippen LogP contribution in [0.3, 0.4) is 0 Å². The van der Waals surface area contributed by atoms with Crippen molar-refractivity contribution in [2.75, 3.05) is 22.9 Å². The highest BCUT2D eigenvalue weighted by atomic mass is 32.2. The number of thiocarbonyl (C=S) groups is 1. The van der Waals surface area contributed by atoms with Crippen LogP contribution >= 0.6 is 12.2 Å². The highest BCUT2D eigenvalue weighted by molar-refractivity contribution is 7.92. The van der Waals surface area contributed by atoms with E-state index in [0.29, 0.717) is 16.5 Å². The standard InChI is InChI=1S/C21H27N3O3S2/c1-14-9-10-17-18(13-21(2,3)27-19(17)11-14)23-20(28)22-15-7-6-8-16(12-15)24(4)29(5,25)26/h6-12,18H,13H2,1-5H3,(H2,22,23,28)/t18-/m1/s1. The molecule has 0 unspecified atom stereocenters. The molecule has 2 N–H and O–H groups in total. The highest BCUT2D eigenvalue weighted by Crippen LogP contribution is 2.39. The molecule has 29 heavy (non-hydrogen) atoms. The monoisotopic (exact) mass is 433 g/mol. The quantitative estimate of drug-likeness (QED) is 0.711. The fourth-order valence-electron chi connectivity index (χ4n) is 3.38. The summed E-state index contributed by atoms with van der Waals surface area (Å²) in [4.78, 5) is 0. The van der Waals surface area contributed by atoms with Gasteiger partial charge in [0, 0.05) is 24.7 Å². The van der Waals surface area contributed by atoms with E-state index in [4.69, 9.17) is 17.0 Å². The number of aryl methyl sites for hydroxylation is 1. The number of fused-ring (bicyclic) bond motifs is 1. The number of ether oxygens (including phenoxy) is 1. The highest BCUT2D eigenvalue weighted by Gasteiger charge is 2.34. The maximum absolute atomic E-state index is 11.8. The van der Waals surface area contributed by atoms with Crippen molar-refractivity contribution in [1.82, 2.24) is 5.32 Å². The average Bonchev–Trinajstić information content (AvgIpc) is 2.59. The minimum Gasteiger partial charge on any atom is -0.487 e. The predicted octanol–water partition coefficient (Wildman–Crippen LogP) is 3.98. The topological polar surface area (TPSA) is 70.7 Å². The van der Waals surface area contributed by atoms with Gasteiger partial charge in [-0.25, -0.2) is 8.42 Å². The summed E-state index contributed by atoms with van der Waals surface area (Å²) in [5.41, 5.74) is 3.18. The minimum atomic E-state index is -3.33. The Kier molecular flexibility index (Phi) is 5.78. The Morgan fingerprint density at radius 2 is 1.97 bits per heavy atom. The van der Waals surface area contributed by atoms with Crippen molar-refractivity contribution in [1.29, 1.82) is 0 Å². The van der Waals surface area contributed by atoms with Crippen LogP contribution in [0.2, 0.25) is 0 Å². The van der Waals surface area contributed by atoms with Gasteiger partial charge in [-0.3, -0.25) is 4.31 Å². The molecule has 6 nitrogen and oxygen atoms in total. The third-order valence-electron chi connectivity index (χ3n) is 4.90. The van der Waals surface area contributed by atoms with Crippen LogP contribution in [-0.4, -0.2) is 32.4 Å². The molecule has 1 aliphatic rings. The lowest BCUT2D eigenvalue weighted by molar-refractivity contribution is 0.0696. The zero-order chi connectivity index (χ0) is 21.4. The van der Waals surface area contributed by atoms with E-state index >= 15 is 0 Å². The maximum Gasteiger partial charge on any atom is 0.231 e. The van der Waals surface area contributed by atoms with E-state index in [1.807, 2.05) is 19.1 Å². The molecule has 0 bridgehead atoms. The molecule has 0 fully saturated rings. The zero-order valence-corrected chi connectivity index (χ0v) is 18.9. The van der Waals surface area contributed by atoms with Crippen LogP contribution in [0.5, 0.6) is 5.75 Å². The average molecular weight is 434 g/mol. The summed E-state index contributed by atoms with van der Waals surface area (Å²) in [5.74, 6) is 0.873. The van der Waals surface area contributed by atoms with Crippen molar-refractivity contribution in [3.8, 4) is 5.75 Å². The first-order valence-corrected chi connectivity index (χ1v) is 11.6. The van der Waals surface area contributed by atoms with Crippen molar-refractivity contribution in [3.63, 3.8) is 0 Å². The Balaban J connectivity index is 1.76. The van der Waals surface area contributed by atoms with Crippen LogP contribution in [0, 0.1) is 6.92 Å². The molecule has 1 aliphatic heterocycles. The van der Waals surface area contributed by atoms with Gasteiger partial charge in [-0.1, -0.05) is 18.2 Å². The molecule has 2 aromatic rings. The first-order valence-electron chi connectivity index (χ1n) is 9.36. The molecule has 0 aromatic heterocycles. The van der Waals surface area contributed by atoms with Gasteiger partial charge in [0.2, 0.25) is 10.0 Å². The summed E-state index contributed by atoms with van der Waals surface area (Å²) >= 11 is 5.53. The molecule has 0 aliphatic carbocycles. The fraction of sp³-hybridized carbons (Fsp3) is 0.381. The zero-order valence-electron chi connectivity index (χ0n) is 17.3. The second-order valence-corrected chi connectivity index (χ2v) is 10.5. The molecule has 0 saturated carbocycles. The predicted molar refractivity (Wildman–Crippen MR) is 122 cm³/mol. The third-order valence-corrected chi connectivity index (χ3v) is 6.32. The van der Waals surface area contributed by atoms with E-state index < -0.39 is 10.0 Å². The molecular weight excluding hydrogens is 406 g/mol. The fourth-order valence-corrected chi connectivity index (χ4v) is 4.14. The summed E-state index contributed by atoms with van der Waals surface area (Å²) < 4.78 is 30.9. The Morgan fingerprint density at radius 3 is 2.66 bits per heavy atom. The summed E-state index contributed by atoms with van der Waals surface area (Å²) in [7, 11) is -1.81. The Labute approximate surface area is 178 Å². The van der Waals surface area contributed by atoms with Crippen LogP contribution in [0.15, 0.2) is 42.5 Å². The minimum absolute atomic E-state index is 0.0104. The molecule has 1 atom stereocenters. The van der Waals surface area contributed by atoms with Gasteiger partial charge in [0.1, 0.15) is 11.4 Å². The van der Waals surface area contributed by atoms with Crippen molar-refractivity contribution in [3.05, 3.63) is 53.6 Å². The molecule has 0 saturated heterocycles. The summed E-state index contributed by atoms with van der Waals surface area (Å²) in [5, 5.41) is 7.02. The Morgan fingerprint density at radius 1 is 1.24 bits per heavy atom. The van der Waals surface area contributed by atoms with Crippen molar-refractivity contribution in [2.45, 2.75) is 38.8 Å². The number of sulfonamides is 1. The first-order chi connectivity index (χ1) is 13.4. The number of hydrogen-bond donors (Lipinski definition) is 2. The number of nitrogens with one attached hydrogen (secondary N) is 2. The van der Waals surface area contributed by atoms with Gasteiger partial charge in [-0.05, 0) is 62.8 Å². The second-order valence-electron chi connectivity index (χ2n) is 8.04. The van der Waals surface area contributed by atoms with Gasteiger partial charge in [-0.2, -0.15) is 0 Å². The summed E-state index contributed by atoms with van der Waals surface area (Å²) in [6, 6.07) is 13.3. The molecule has 2 aromatic carbocycles. The summed E-state index contributed by atoms with van der Waals surface area (Å²) in [6.07, 6.45) is 1.94. The van der Waals surface area contributed by atoms with Gasteiger partial charge < -0.3 is 15.4 Å². The maximum atomic E-state index is 11.8. The van der Waals surface area contributed by atoms with Crippen LogP contribution < -0.4 is 19.7 Å². The molecule has 0 radical (unpaired) electrons. The molecule has 0 spiro atoms. The smallest absolute Gasteiger partial charge is 0.231 e. The van der Waals surface area contributed by atoms with E-state index in [0.717, 1.165) is 23.3 Å². The second kappa shape index (κ2) is 7.84. The molecule has 0 amide bonds. The normalized spacial score (nSPS) is 17.6. The SMILES string of the molecule is Cc1ccc2c(c1)OC(C)(C)C[C@H]2NC(=S)Nc1cccc(N(C)S(C)(=O)=O)c1. The van der Waals surface area contributed by atoms with E-state index in [9.17, 15) is 8.42 Å². The number of nitrogens with zero attached hydrogens (tertiary/aromatic N) is 1. The van der Waals surface area contributed by atoms with E-state index in [-0.39, 0.29) is 11.6 Å². The van der Waals surface area contributed by atoms with Gasteiger partial charge in [0.15, 0.2) is 5.11 Å². The van der Waals surface area contributed by atoms with Crippen LogP contribution in [0.25, 0.3) is 0 Å². The summed E-state index contributed by atoms with van der Waals surface area (Å²) in [6.45, 7) is 6.17. The molecule has 8 heteroatoms. The van der Waals surface area contributed by atoms with Crippen molar-refractivity contribution in [2.24, 2.45) is 0 Å². The van der Waals surface area contributed by atoms with Crippen molar-refractivity contribution < 1.29 is 13.2 Å². The first kappa shape index (κ1) is 21.4. The lowest BCUT2D eigenvalue weighted by atomic mass is 9.89. The lowest BCUT2D eigenvalue weighted by Gasteiger charge is -2.38. The number of hydrogen-bond acceptors (Lipinski definition) is 4. The van der Waals surface area contributed by atoms with Gasteiger partial charge in [-0.15, -0.1) is 0 Å². The Bertz CT molecular complexity index is 1040. The molecule has 156 valence electrons. The molecule has 1 heterocycles. The number of benzene rings is 2. The van der Waals surface area contributed by atoms with Crippen LogP contribution in [0.4, 0.5) is 11.4 Å². The Hall–Kier alpha value is -2.32.